The van der Waals surface area contributed by atoms with E-state index in [1.165, 1.54) is 0 Å². The first-order chi connectivity index (χ1) is 8.40. The van der Waals surface area contributed by atoms with Crippen molar-refractivity contribution in [3.63, 3.8) is 0 Å². The van der Waals surface area contributed by atoms with Gasteiger partial charge in [-0.2, -0.15) is 0 Å². The summed E-state index contributed by atoms with van der Waals surface area (Å²) in [5.41, 5.74) is 5.58. The zero-order chi connectivity index (χ0) is 13.8. The summed E-state index contributed by atoms with van der Waals surface area (Å²) in [6.45, 7) is 9.55. The van der Waals surface area contributed by atoms with Crippen LogP contribution < -0.4 is 16.6 Å². The number of anilines is 1. The summed E-state index contributed by atoms with van der Waals surface area (Å²) >= 11 is 0. The van der Waals surface area contributed by atoms with Crippen LogP contribution >= 0.6 is 0 Å². The van der Waals surface area contributed by atoms with E-state index in [4.69, 9.17) is 5.73 Å². The molecule has 0 aliphatic rings. The Balaban J connectivity index is 2.98. The van der Waals surface area contributed by atoms with E-state index in [-0.39, 0.29) is 17.0 Å². The maximum absolute atomic E-state index is 12.1. The fourth-order valence-corrected chi connectivity index (χ4v) is 1.85. The zero-order valence-corrected chi connectivity index (χ0v) is 11.7. The molecule has 1 heterocycles. The van der Waals surface area contributed by atoms with Crippen molar-refractivity contribution in [2.24, 2.45) is 11.1 Å². The fraction of sp³-hybridized carbons (Fsp3) is 0.692. The maximum atomic E-state index is 12.1. The van der Waals surface area contributed by atoms with E-state index in [0.717, 1.165) is 6.42 Å². The largest absolute Gasteiger partial charge is 0.362 e. The number of rotatable bonds is 5. The number of aromatic nitrogens is 2. The number of hydrogen-bond donors (Lipinski definition) is 2. The van der Waals surface area contributed by atoms with Crippen LogP contribution in [-0.2, 0) is 6.54 Å². The second kappa shape index (κ2) is 6.00. The molecular weight excluding hydrogens is 228 g/mol. The van der Waals surface area contributed by atoms with Crippen LogP contribution in [0.15, 0.2) is 17.2 Å². The molecule has 1 rings (SSSR count). The Morgan fingerprint density at radius 1 is 1.50 bits per heavy atom. The van der Waals surface area contributed by atoms with Gasteiger partial charge in [0.2, 0.25) is 0 Å². The van der Waals surface area contributed by atoms with Gasteiger partial charge in [0.15, 0.2) is 5.82 Å². The lowest BCUT2D eigenvalue weighted by atomic mass is 9.85. The monoisotopic (exact) mass is 252 g/mol. The van der Waals surface area contributed by atoms with Gasteiger partial charge in [0.05, 0.1) is 0 Å². The molecule has 0 aliphatic heterocycles. The van der Waals surface area contributed by atoms with Crippen molar-refractivity contribution >= 4 is 5.82 Å². The summed E-state index contributed by atoms with van der Waals surface area (Å²) in [4.78, 5) is 16.2. The van der Waals surface area contributed by atoms with Gasteiger partial charge in [0, 0.05) is 25.0 Å². The number of aryl methyl sites for hydroxylation is 1. The lowest BCUT2D eigenvalue weighted by Gasteiger charge is -2.31. The average molecular weight is 252 g/mol. The Kier molecular flexibility index (Phi) is 4.90. The van der Waals surface area contributed by atoms with E-state index in [0.29, 0.717) is 18.9 Å². The van der Waals surface area contributed by atoms with Crippen LogP contribution in [0.2, 0.25) is 0 Å². The Morgan fingerprint density at radius 3 is 2.67 bits per heavy atom. The second-order valence-electron chi connectivity index (χ2n) is 5.51. The van der Waals surface area contributed by atoms with Crippen LogP contribution in [0.5, 0.6) is 0 Å². The van der Waals surface area contributed by atoms with E-state index >= 15 is 0 Å². The highest BCUT2D eigenvalue weighted by Gasteiger charge is 2.25. The molecule has 1 unspecified atom stereocenters. The molecule has 1 atom stereocenters. The van der Waals surface area contributed by atoms with Crippen molar-refractivity contribution in [2.45, 2.75) is 46.7 Å². The third-order valence-corrected chi connectivity index (χ3v) is 3.07. The normalized spacial score (nSPS) is 13.4. The highest BCUT2D eigenvalue weighted by Crippen LogP contribution is 2.23. The summed E-state index contributed by atoms with van der Waals surface area (Å²) < 4.78 is 1.64. The average Bonchev–Trinajstić information content (AvgIpc) is 2.29. The van der Waals surface area contributed by atoms with Gasteiger partial charge >= 0.3 is 0 Å². The van der Waals surface area contributed by atoms with Crippen LogP contribution in [0.3, 0.4) is 0 Å². The minimum Gasteiger partial charge on any atom is -0.362 e. The van der Waals surface area contributed by atoms with Crippen LogP contribution in [0.25, 0.3) is 0 Å². The fourth-order valence-electron chi connectivity index (χ4n) is 1.85. The molecule has 0 saturated heterocycles. The summed E-state index contributed by atoms with van der Waals surface area (Å²) in [6, 6.07) is 0.135. The molecule has 0 fully saturated rings. The topological polar surface area (TPSA) is 72.9 Å². The van der Waals surface area contributed by atoms with Gasteiger partial charge < -0.3 is 15.6 Å². The smallest absolute Gasteiger partial charge is 0.293 e. The predicted octanol–water partition coefficient (Wildman–Crippen LogP) is 1.44. The van der Waals surface area contributed by atoms with E-state index in [1.807, 2.05) is 6.92 Å². The van der Waals surface area contributed by atoms with Crippen molar-refractivity contribution < 1.29 is 0 Å². The molecule has 0 aromatic carbocycles. The molecule has 5 heteroatoms. The molecule has 0 radical (unpaired) electrons. The predicted molar refractivity (Wildman–Crippen MR) is 74.7 cm³/mol. The lowest BCUT2D eigenvalue weighted by molar-refractivity contribution is 0.327. The second-order valence-corrected chi connectivity index (χ2v) is 5.51. The number of nitrogens with one attached hydrogen (secondary N) is 1. The van der Waals surface area contributed by atoms with E-state index in [1.54, 1.807) is 17.0 Å². The highest BCUT2D eigenvalue weighted by atomic mass is 16.1. The van der Waals surface area contributed by atoms with Gasteiger partial charge in [-0.1, -0.05) is 20.8 Å². The van der Waals surface area contributed by atoms with Crippen LogP contribution in [-0.4, -0.2) is 22.1 Å². The molecule has 3 N–H and O–H groups in total. The minimum atomic E-state index is -0.0775. The molecule has 0 amide bonds. The summed E-state index contributed by atoms with van der Waals surface area (Å²) in [5.74, 6) is 0.410. The van der Waals surface area contributed by atoms with Crippen molar-refractivity contribution in [1.29, 1.82) is 0 Å². The Labute approximate surface area is 108 Å². The van der Waals surface area contributed by atoms with Crippen LogP contribution in [0, 0.1) is 5.41 Å². The molecule has 18 heavy (non-hydrogen) atoms. The third-order valence-electron chi connectivity index (χ3n) is 3.07. The van der Waals surface area contributed by atoms with E-state index in [2.05, 4.69) is 31.1 Å². The Hall–Kier alpha value is -1.36. The molecule has 1 aromatic rings. The Bertz CT molecular complexity index is 433. The van der Waals surface area contributed by atoms with Crippen LogP contribution in [0.1, 0.15) is 34.1 Å². The standard InChI is InChI=1S/C13H24N4O/c1-5-17-9-8-15-11(12(17)18)16-10(6-7-14)13(2,3)4/h8-10H,5-7,14H2,1-4H3,(H,15,16). The highest BCUT2D eigenvalue weighted by molar-refractivity contribution is 5.33. The van der Waals surface area contributed by atoms with E-state index in [9.17, 15) is 4.79 Å². The Morgan fingerprint density at radius 2 is 2.17 bits per heavy atom. The summed E-state index contributed by atoms with van der Waals surface area (Å²) in [6.07, 6.45) is 4.16. The molecule has 5 nitrogen and oxygen atoms in total. The van der Waals surface area contributed by atoms with Crippen molar-refractivity contribution in [1.82, 2.24) is 9.55 Å². The van der Waals surface area contributed by atoms with Crippen molar-refractivity contribution in [2.75, 3.05) is 11.9 Å². The first kappa shape index (κ1) is 14.7. The van der Waals surface area contributed by atoms with E-state index < -0.39 is 0 Å². The third kappa shape index (κ3) is 3.57. The zero-order valence-electron chi connectivity index (χ0n) is 11.7. The lowest BCUT2D eigenvalue weighted by Crippen LogP contribution is -2.38. The molecule has 0 spiro atoms. The maximum Gasteiger partial charge on any atom is 0.293 e. The summed E-state index contributed by atoms with van der Waals surface area (Å²) in [7, 11) is 0. The SMILES string of the molecule is CCn1ccnc(NC(CCN)C(C)(C)C)c1=O. The first-order valence-corrected chi connectivity index (χ1v) is 6.42. The molecular formula is C13H24N4O. The molecule has 102 valence electrons. The van der Waals surface area contributed by atoms with Crippen LogP contribution in [0.4, 0.5) is 5.82 Å². The number of nitrogens with two attached hydrogens (primary N) is 1. The molecule has 0 saturated carbocycles. The van der Waals surface area contributed by atoms with Gasteiger partial charge in [-0.15, -0.1) is 0 Å². The molecule has 1 aromatic heterocycles. The minimum absolute atomic E-state index is 0.0282. The first-order valence-electron chi connectivity index (χ1n) is 6.42. The van der Waals surface area contributed by atoms with Crippen molar-refractivity contribution in [3.8, 4) is 0 Å². The quantitative estimate of drug-likeness (QED) is 0.831. The van der Waals surface area contributed by atoms with Gasteiger partial charge in [-0.3, -0.25) is 4.79 Å². The van der Waals surface area contributed by atoms with Gasteiger partial charge in [-0.25, -0.2) is 4.98 Å². The van der Waals surface area contributed by atoms with Crippen molar-refractivity contribution in [3.05, 3.63) is 22.7 Å². The molecule has 0 aliphatic carbocycles. The van der Waals surface area contributed by atoms with Gasteiger partial charge in [-0.05, 0) is 25.3 Å². The number of hydrogen-bond acceptors (Lipinski definition) is 4. The molecule has 0 bridgehead atoms. The number of nitrogens with zero attached hydrogens (tertiary/aromatic N) is 2. The van der Waals surface area contributed by atoms with Gasteiger partial charge in [0.25, 0.3) is 5.56 Å². The summed E-state index contributed by atoms with van der Waals surface area (Å²) in [5, 5.41) is 3.24. The van der Waals surface area contributed by atoms with Gasteiger partial charge in [0.1, 0.15) is 0 Å².